The van der Waals surface area contributed by atoms with Crippen molar-refractivity contribution in [1.82, 2.24) is 9.88 Å². The van der Waals surface area contributed by atoms with Crippen LogP contribution in [0.3, 0.4) is 0 Å². The molecule has 2 N–H and O–H groups in total. The Bertz CT molecular complexity index is 669. The van der Waals surface area contributed by atoms with Crippen LogP contribution >= 0.6 is 0 Å². The van der Waals surface area contributed by atoms with Crippen LogP contribution in [0.2, 0.25) is 0 Å². The van der Waals surface area contributed by atoms with Crippen LogP contribution in [0.4, 0.5) is 0 Å². The first-order chi connectivity index (χ1) is 10.0. The maximum atomic E-state index is 12.0. The minimum Gasteiger partial charge on any atom is -0.550 e. The van der Waals surface area contributed by atoms with E-state index in [-0.39, 0.29) is 42.0 Å². The summed E-state index contributed by atoms with van der Waals surface area (Å²) < 4.78 is 1.85. The summed E-state index contributed by atoms with van der Waals surface area (Å²) in [6.45, 7) is 1.53. The van der Waals surface area contributed by atoms with Gasteiger partial charge in [0.15, 0.2) is 0 Å². The van der Waals surface area contributed by atoms with Crippen LogP contribution in [0.15, 0.2) is 30.3 Å². The summed E-state index contributed by atoms with van der Waals surface area (Å²) >= 11 is 0. The number of carbonyl (C=O) groups is 2. The van der Waals surface area contributed by atoms with Crippen molar-refractivity contribution in [2.45, 2.75) is 25.9 Å². The van der Waals surface area contributed by atoms with Gasteiger partial charge in [-0.25, -0.2) is 0 Å². The Balaban J connectivity index is 0.00000242. The molecule has 0 saturated carbocycles. The molecule has 0 aliphatic heterocycles. The Kier molecular flexibility index (Phi) is 7.09. The first kappa shape index (κ1) is 18.7. The molecule has 0 fully saturated rings. The zero-order valence-corrected chi connectivity index (χ0v) is 14.7. The molecule has 1 atom stereocenters. The molecule has 0 bridgehead atoms. The molecule has 2 aromatic rings. The second-order valence-corrected chi connectivity index (χ2v) is 4.95. The summed E-state index contributed by atoms with van der Waals surface area (Å²) in [4.78, 5) is 22.5. The van der Waals surface area contributed by atoms with Gasteiger partial charge in [-0.05, 0) is 24.4 Å². The topological polar surface area (TPSA) is 94.4 Å². The molecule has 1 heterocycles. The predicted octanol–water partition coefficient (Wildman–Crippen LogP) is -3.43. The number of rotatable bonds is 6. The Morgan fingerprint density at radius 3 is 2.68 bits per heavy atom. The molecule has 2 rings (SSSR count). The molecule has 0 aliphatic carbocycles. The molecule has 1 aromatic carbocycles. The number of aliphatic hydroxyl groups is 1. The largest absolute Gasteiger partial charge is 1.00 e. The molecule has 6 nitrogen and oxygen atoms in total. The number of benzene rings is 1. The average molecular weight is 312 g/mol. The van der Waals surface area contributed by atoms with Gasteiger partial charge in [0.1, 0.15) is 6.54 Å². The number of aliphatic carboxylic acids is 1. The Morgan fingerprint density at radius 2 is 2.05 bits per heavy atom. The number of aliphatic hydroxyl groups excluding tert-OH is 1. The second-order valence-electron chi connectivity index (χ2n) is 4.95. The quantitative estimate of drug-likeness (QED) is 0.543. The molecular formula is C15H17N2NaO4. The fourth-order valence-corrected chi connectivity index (χ4v) is 2.34. The third-order valence-electron chi connectivity index (χ3n) is 3.32. The Morgan fingerprint density at radius 1 is 1.36 bits per heavy atom. The fraction of sp³-hybridized carbons (Fsp3) is 0.333. The van der Waals surface area contributed by atoms with Crippen LogP contribution in [0, 0.1) is 6.92 Å². The number of hydrogen-bond acceptors (Lipinski definition) is 4. The molecule has 7 heteroatoms. The van der Waals surface area contributed by atoms with Gasteiger partial charge in [0.2, 0.25) is 5.91 Å². The van der Waals surface area contributed by atoms with Crippen molar-refractivity contribution in [3.8, 4) is 0 Å². The number of carboxylic acids is 1. The van der Waals surface area contributed by atoms with Gasteiger partial charge in [-0.2, -0.15) is 0 Å². The monoisotopic (exact) mass is 312 g/mol. The Labute approximate surface area is 150 Å². The summed E-state index contributed by atoms with van der Waals surface area (Å²) in [6, 6.07) is 8.85. The smallest absolute Gasteiger partial charge is 0.550 e. The summed E-state index contributed by atoms with van der Waals surface area (Å²) in [5.41, 5.74) is 1.87. The number of fused-ring (bicyclic) bond motifs is 1. The van der Waals surface area contributed by atoms with Crippen LogP contribution in [-0.2, 0) is 16.1 Å². The number of aryl methyl sites for hydroxylation is 1. The van der Waals surface area contributed by atoms with Crippen molar-refractivity contribution in [1.29, 1.82) is 0 Å². The zero-order chi connectivity index (χ0) is 15.4. The minimum absolute atomic E-state index is 0. The summed E-state index contributed by atoms with van der Waals surface area (Å²) in [6.07, 6.45) is -0.409. The molecule has 0 spiro atoms. The molecule has 22 heavy (non-hydrogen) atoms. The van der Waals surface area contributed by atoms with Gasteiger partial charge >= 0.3 is 29.6 Å². The van der Waals surface area contributed by atoms with Crippen LogP contribution in [0.5, 0.6) is 0 Å². The number of nitrogens with one attached hydrogen (secondary N) is 1. The van der Waals surface area contributed by atoms with E-state index >= 15 is 0 Å². The second kappa shape index (κ2) is 8.33. The summed E-state index contributed by atoms with van der Waals surface area (Å²) in [5.74, 6) is -1.66. The predicted molar refractivity (Wildman–Crippen MR) is 75.3 cm³/mol. The number of carbonyl (C=O) groups excluding carboxylic acids is 2. The van der Waals surface area contributed by atoms with Gasteiger partial charge in [0.25, 0.3) is 0 Å². The van der Waals surface area contributed by atoms with Crippen LogP contribution in [0.1, 0.15) is 12.1 Å². The maximum Gasteiger partial charge on any atom is 1.00 e. The van der Waals surface area contributed by atoms with Crippen molar-refractivity contribution in [2.75, 3.05) is 6.61 Å². The van der Waals surface area contributed by atoms with Crippen LogP contribution < -0.4 is 40.0 Å². The van der Waals surface area contributed by atoms with E-state index in [1.807, 2.05) is 41.8 Å². The molecule has 112 valence electrons. The molecule has 1 aromatic heterocycles. The molecule has 1 amide bonds. The summed E-state index contributed by atoms with van der Waals surface area (Å²) in [7, 11) is 0. The van der Waals surface area contributed by atoms with Crippen LogP contribution in [-0.4, -0.2) is 34.2 Å². The fourth-order valence-electron chi connectivity index (χ4n) is 2.34. The minimum atomic E-state index is -1.31. The van der Waals surface area contributed by atoms with Gasteiger partial charge in [-0.15, -0.1) is 0 Å². The van der Waals surface area contributed by atoms with Crippen molar-refractivity contribution in [3.05, 3.63) is 36.0 Å². The normalized spacial score (nSPS) is 11.7. The van der Waals surface area contributed by atoms with Gasteiger partial charge < -0.3 is 24.9 Å². The zero-order valence-electron chi connectivity index (χ0n) is 12.7. The third-order valence-corrected chi connectivity index (χ3v) is 3.32. The van der Waals surface area contributed by atoms with Crippen molar-refractivity contribution in [3.63, 3.8) is 0 Å². The average Bonchev–Trinajstić information content (AvgIpc) is 2.74. The number of amides is 1. The number of nitrogens with zero attached hydrogens (tertiary/aromatic N) is 1. The number of hydrogen-bond donors (Lipinski definition) is 2. The third kappa shape index (κ3) is 4.58. The van der Waals surface area contributed by atoms with E-state index in [1.54, 1.807) is 0 Å². The first-order valence-corrected chi connectivity index (χ1v) is 6.66. The van der Waals surface area contributed by atoms with E-state index in [4.69, 9.17) is 5.11 Å². The van der Waals surface area contributed by atoms with Gasteiger partial charge in [-0.3, -0.25) is 4.79 Å². The van der Waals surface area contributed by atoms with E-state index in [2.05, 4.69) is 5.32 Å². The number of carboxylic acid groups (broad SMARTS) is 1. The standard InChI is InChI=1S/C15H18N2O4.Na/c1-10-6-11-4-2-3-5-13(11)17(10)8-14(19)16-12(9-18)7-15(20)21;/h2-6,12,18H,7-9H2,1H3,(H,16,19)(H,20,21);/q;+1/p-1/t12-;/m0./s1. The first-order valence-electron chi connectivity index (χ1n) is 6.66. The number of para-hydroxylation sites is 1. The molecule has 0 aliphatic rings. The van der Waals surface area contributed by atoms with Gasteiger partial charge in [0, 0.05) is 23.6 Å². The van der Waals surface area contributed by atoms with E-state index in [1.165, 1.54) is 0 Å². The van der Waals surface area contributed by atoms with E-state index in [0.29, 0.717) is 0 Å². The van der Waals surface area contributed by atoms with Crippen molar-refractivity contribution in [2.24, 2.45) is 0 Å². The van der Waals surface area contributed by atoms with Gasteiger partial charge in [0.05, 0.1) is 12.6 Å². The van der Waals surface area contributed by atoms with E-state index in [9.17, 15) is 14.7 Å². The van der Waals surface area contributed by atoms with Crippen molar-refractivity contribution >= 4 is 22.8 Å². The van der Waals surface area contributed by atoms with Crippen molar-refractivity contribution < 1.29 is 49.4 Å². The summed E-state index contributed by atoms with van der Waals surface area (Å²) in [5, 5.41) is 23.1. The maximum absolute atomic E-state index is 12.0. The molecule has 0 unspecified atom stereocenters. The van der Waals surface area contributed by atoms with E-state index < -0.39 is 25.0 Å². The number of aromatic nitrogens is 1. The SMILES string of the molecule is Cc1cc2ccccc2n1CC(=O)N[C@H](CO)CC(=O)[O-].[Na+]. The molecule has 0 saturated heterocycles. The Hall–Kier alpha value is -1.34. The van der Waals surface area contributed by atoms with Gasteiger partial charge in [-0.1, -0.05) is 18.2 Å². The molecular weight excluding hydrogens is 295 g/mol. The van der Waals surface area contributed by atoms with Crippen LogP contribution in [0.25, 0.3) is 10.9 Å². The molecule has 0 radical (unpaired) electrons. The van der Waals surface area contributed by atoms with E-state index in [0.717, 1.165) is 16.6 Å².